The maximum absolute atomic E-state index is 10.9. The van der Waals surface area contributed by atoms with E-state index in [1.54, 1.807) is 6.92 Å². The summed E-state index contributed by atoms with van der Waals surface area (Å²) in [5, 5.41) is 27.2. The van der Waals surface area contributed by atoms with Gasteiger partial charge in [0.1, 0.15) is 0 Å². The quantitative estimate of drug-likeness (QED) is 0.440. The van der Waals surface area contributed by atoms with Gasteiger partial charge >= 0.3 is 11.9 Å². The summed E-state index contributed by atoms with van der Waals surface area (Å²) < 4.78 is 5.07. The van der Waals surface area contributed by atoms with Gasteiger partial charge in [0.2, 0.25) is 0 Å². The zero-order valence-corrected chi connectivity index (χ0v) is 10.5. The molecule has 0 saturated carbocycles. The van der Waals surface area contributed by atoms with Crippen LogP contribution >= 0.6 is 0 Å². The van der Waals surface area contributed by atoms with E-state index in [2.05, 4.69) is 6.58 Å². The van der Waals surface area contributed by atoms with E-state index in [0.717, 1.165) is 5.57 Å². The molecule has 0 saturated heterocycles. The molecule has 0 bridgehead atoms. The van der Waals surface area contributed by atoms with Crippen molar-refractivity contribution >= 4 is 11.9 Å². The molecule has 1 unspecified atom stereocenters. The highest BCUT2D eigenvalue weighted by Crippen LogP contribution is 2.13. The van der Waals surface area contributed by atoms with Gasteiger partial charge in [-0.05, 0) is 13.8 Å². The third-order valence-electron chi connectivity index (χ3n) is 2.13. The number of carboxylic acids is 2. The SMILES string of the molecule is C=C(C)COCC(O)C/C(C(=O)O)=C(\C)C(=O)O. The molecule has 0 rings (SSSR count). The minimum absolute atomic E-state index is 0.0729. The van der Waals surface area contributed by atoms with E-state index < -0.39 is 18.0 Å². The largest absolute Gasteiger partial charge is 0.478 e. The van der Waals surface area contributed by atoms with Crippen molar-refractivity contribution in [1.82, 2.24) is 0 Å². The van der Waals surface area contributed by atoms with E-state index in [1.165, 1.54) is 6.92 Å². The van der Waals surface area contributed by atoms with Crippen LogP contribution in [0.3, 0.4) is 0 Å². The number of hydrogen-bond acceptors (Lipinski definition) is 4. The first-order valence-corrected chi connectivity index (χ1v) is 5.32. The molecule has 102 valence electrons. The molecule has 0 fully saturated rings. The second-order valence-corrected chi connectivity index (χ2v) is 4.04. The van der Waals surface area contributed by atoms with Crippen molar-refractivity contribution < 1.29 is 29.6 Å². The highest BCUT2D eigenvalue weighted by atomic mass is 16.5. The average molecular weight is 258 g/mol. The van der Waals surface area contributed by atoms with Crippen LogP contribution in [0.5, 0.6) is 0 Å². The van der Waals surface area contributed by atoms with Gasteiger partial charge in [0.15, 0.2) is 0 Å². The summed E-state index contributed by atoms with van der Waals surface area (Å²) in [5.74, 6) is -2.67. The third-order valence-corrected chi connectivity index (χ3v) is 2.13. The summed E-state index contributed by atoms with van der Waals surface area (Å²) in [6.45, 7) is 6.74. The van der Waals surface area contributed by atoms with Crippen LogP contribution in [0.25, 0.3) is 0 Å². The van der Waals surface area contributed by atoms with Crippen molar-refractivity contribution in [3.05, 3.63) is 23.3 Å². The molecule has 0 aliphatic carbocycles. The molecule has 6 nitrogen and oxygen atoms in total. The summed E-state index contributed by atoms with van der Waals surface area (Å²) in [4.78, 5) is 21.6. The van der Waals surface area contributed by atoms with E-state index in [4.69, 9.17) is 14.9 Å². The lowest BCUT2D eigenvalue weighted by Gasteiger charge is -2.12. The number of hydrogen-bond donors (Lipinski definition) is 3. The fourth-order valence-electron chi connectivity index (χ4n) is 1.19. The van der Waals surface area contributed by atoms with Gasteiger partial charge in [0.05, 0.1) is 19.3 Å². The Hall–Kier alpha value is -1.66. The van der Waals surface area contributed by atoms with Crippen molar-refractivity contribution in [3.63, 3.8) is 0 Å². The summed E-state index contributed by atoms with van der Waals surface area (Å²) in [5.41, 5.74) is 0.160. The molecule has 3 N–H and O–H groups in total. The van der Waals surface area contributed by atoms with Crippen LogP contribution in [0.2, 0.25) is 0 Å². The van der Waals surface area contributed by atoms with Crippen LogP contribution in [0.1, 0.15) is 20.3 Å². The Morgan fingerprint density at radius 1 is 1.22 bits per heavy atom. The van der Waals surface area contributed by atoms with Crippen LogP contribution in [0.15, 0.2) is 23.3 Å². The average Bonchev–Trinajstić information content (AvgIpc) is 2.23. The lowest BCUT2D eigenvalue weighted by molar-refractivity contribution is -0.136. The molecule has 0 aromatic carbocycles. The third kappa shape index (κ3) is 6.17. The van der Waals surface area contributed by atoms with Gasteiger partial charge in [0, 0.05) is 17.6 Å². The van der Waals surface area contributed by atoms with E-state index >= 15 is 0 Å². The normalized spacial score (nSPS) is 13.7. The first-order valence-electron chi connectivity index (χ1n) is 5.32. The first kappa shape index (κ1) is 16.3. The summed E-state index contributed by atoms with van der Waals surface area (Å²) in [6.07, 6.45) is -1.34. The van der Waals surface area contributed by atoms with Crippen molar-refractivity contribution in [1.29, 1.82) is 0 Å². The molecule has 0 aromatic rings. The summed E-state index contributed by atoms with van der Waals surface area (Å²) in [7, 11) is 0. The van der Waals surface area contributed by atoms with E-state index in [0.29, 0.717) is 0 Å². The fraction of sp³-hybridized carbons (Fsp3) is 0.500. The number of carbonyl (C=O) groups is 2. The van der Waals surface area contributed by atoms with Crippen LogP contribution in [0, 0.1) is 0 Å². The lowest BCUT2D eigenvalue weighted by Crippen LogP contribution is -2.21. The number of rotatable bonds is 8. The number of aliphatic hydroxyl groups excluding tert-OH is 1. The Morgan fingerprint density at radius 2 is 1.78 bits per heavy atom. The lowest BCUT2D eigenvalue weighted by atomic mass is 10.0. The fourth-order valence-corrected chi connectivity index (χ4v) is 1.19. The predicted octanol–water partition coefficient (Wildman–Crippen LogP) is 0.816. The Morgan fingerprint density at radius 3 is 2.17 bits per heavy atom. The minimum Gasteiger partial charge on any atom is -0.478 e. The van der Waals surface area contributed by atoms with Gasteiger partial charge in [-0.3, -0.25) is 0 Å². The van der Waals surface area contributed by atoms with Crippen LogP contribution < -0.4 is 0 Å². The van der Waals surface area contributed by atoms with Crippen molar-refractivity contribution in [2.45, 2.75) is 26.4 Å². The van der Waals surface area contributed by atoms with Gasteiger partial charge in [0.25, 0.3) is 0 Å². The van der Waals surface area contributed by atoms with Gasteiger partial charge < -0.3 is 20.1 Å². The van der Waals surface area contributed by atoms with Gasteiger partial charge in [-0.15, -0.1) is 0 Å². The molecule has 1 atom stereocenters. The maximum Gasteiger partial charge on any atom is 0.332 e. The Labute approximate surface area is 105 Å². The molecular formula is C12H18O6. The molecule has 0 amide bonds. The molecule has 0 aromatic heterocycles. The standard InChI is InChI=1S/C12H18O6/c1-7(2)5-18-6-9(13)4-10(12(16)17)8(3)11(14)15/h9,13H,1,4-6H2,2-3H3,(H,14,15)(H,16,17)/b10-8-. The Kier molecular flexibility index (Phi) is 6.92. The highest BCUT2D eigenvalue weighted by molar-refractivity contribution is 5.98. The van der Waals surface area contributed by atoms with Crippen molar-refractivity contribution in [3.8, 4) is 0 Å². The number of aliphatic hydroxyl groups is 1. The summed E-state index contributed by atoms with van der Waals surface area (Å²) in [6, 6.07) is 0. The molecule has 18 heavy (non-hydrogen) atoms. The maximum atomic E-state index is 10.9. The second-order valence-electron chi connectivity index (χ2n) is 4.04. The van der Waals surface area contributed by atoms with Crippen LogP contribution in [-0.4, -0.2) is 46.6 Å². The van der Waals surface area contributed by atoms with Crippen molar-refractivity contribution in [2.24, 2.45) is 0 Å². The van der Waals surface area contributed by atoms with Crippen LogP contribution in [0.4, 0.5) is 0 Å². The predicted molar refractivity (Wildman–Crippen MR) is 64.2 cm³/mol. The zero-order valence-electron chi connectivity index (χ0n) is 10.5. The van der Waals surface area contributed by atoms with Gasteiger partial charge in [-0.2, -0.15) is 0 Å². The first-order chi connectivity index (χ1) is 8.25. The Bertz CT molecular complexity index is 369. The smallest absolute Gasteiger partial charge is 0.332 e. The summed E-state index contributed by atoms with van der Waals surface area (Å²) >= 11 is 0. The molecule has 0 aliphatic rings. The molecule has 0 heterocycles. The van der Waals surface area contributed by atoms with Crippen LogP contribution in [-0.2, 0) is 14.3 Å². The van der Waals surface area contributed by atoms with E-state index in [1.807, 2.05) is 0 Å². The number of carboxylic acid groups (broad SMARTS) is 2. The van der Waals surface area contributed by atoms with E-state index in [-0.39, 0.29) is 30.8 Å². The van der Waals surface area contributed by atoms with Crippen molar-refractivity contribution in [2.75, 3.05) is 13.2 Å². The topological polar surface area (TPSA) is 104 Å². The highest BCUT2D eigenvalue weighted by Gasteiger charge is 2.19. The monoisotopic (exact) mass is 258 g/mol. The molecule has 0 spiro atoms. The zero-order chi connectivity index (χ0) is 14.3. The molecule has 6 heteroatoms. The Balaban J connectivity index is 4.52. The molecular weight excluding hydrogens is 240 g/mol. The second kappa shape index (κ2) is 7.62. The molecule has 0 aliphatic heterocycles. The minimum atomic E-state index is -1.35. The molecule has 0 radical (unpaired) electrons. The number of ether oxygens (including phenoxy) is 1. The van der Waals surface area contributed by atoms with E-state index in [9.17, 15) is 14.7 Å². The van der Waals surface area contributed by atoms with Gasteiger partial charge in [-0.1, -0.05) is 12.2 Å². The number of aliphatic carboxylic acids is 2. The van der Waals surface area contributed by atoms with Gasteiger partial charge in [-0.25, -0.2) is 9.59 Å².